The first-order valence-electron chi connectivity index (χ1n) is 6.89. The zero-order valence-electron chi connectivity index (χ0n) is 12.5. The van der Waals surface area contributed by atoms with Gasteiger partial charge in [-0.15, -0.1) is 0 Å². The van der Waals surface area contributed by atoms with Crippen molar-refractivity contribution >= 4 is 31.3 Å². The molecule has 21 heavy (non-hydrogen) atoms. The minimum Gasteiger partial charge on any atom is -0.312 e. The molecule has 0 N–H and O–H groups in total. The number of hydrogen-bond donors (Lipinski definition) is 0. The molecule has 0 spiro atoms. The Morgan fingerprint density at radius 2 is 1.81 bits per heavy atom. The van der Waals surface area contributed by atoms with Crippen molar-refractivity contribution in [3.63, 3.8) is 0 Å². The molecule has 0 bridgehead atoms. The van der Waals surface area contributed by atoms with Crippen LogP contribution in [0.3, 0.4) is 0 Å². The highest BCUT2D eigenvalue weighted by atomic mass is 35.7. The summed E-state index contributed by atoms with van der Waals surface area (Å²) in [6.07, 6.45) is 0.229. The van der Waals surface area contributed by atoms with Crippen LogP contribution < -0.4 is 4.90 Å². The predicted octanol–water partition coefficient (Wildman–Crippen LogP) is 2.91. The van der Waals surface area contributed by atoms with Gasteiger partial charge < -0.3 is 4.90 Å². The third-order valence-electron chi connectivity index (χ3n) is 3.68. The topological polar surface area (TPSA) is 54.5 Å². The van der Waals surface area contributed by atoms with Crippen LogP contribution in [0.1, 0.15) is 32.8 Å². The molecule has 1 aliphatic rings. The maximum atomic E-state index is 12.0. The van der Waals surface area contributed by atoms with Crippen LogP contribution in [0.25, 0.3) is 0 Å². The van der Waals surface area contributed by atoms with Crippen molar-refractivity contribution in [2.24, 2.45) is 5.92 Å². The van der Waals surface area contributed by atoms with Gasteiger partial charge in [0.2, 0.25) is 15.0 Å². The van der Waals surface area contributed by atoms with Gasteiger partial charge >= 0.3 is 0 Å². The first-order chi connectivity index (χ1) is 9.56. The van der Waals surface area contributed by atoms with Gasteiger partial charge in [-0.3, -0.25) is 4.79 Å². The average Bonchev–Trinajstić information content (AvgIpc) is 2.66. The minimum absolute atomic E-state index is 0.0520. The number of amides is 1. The van der Waals surface area contributed by atoms with Crippen molar-refractivity contribution in [3.8, 4) is 0 Å². The van der Waals surface area contributed by atoms with Crippen LogP contribution in [-0.2, 0) is 19.3 Å². The lowest BCUT2D eigenvalue weighted by Gasteiger charge is -2.21. The van der Waals surface area contributed by atoms with Gasteiger partial charge in [0.1, 0.15) is 0 Å². The Labute approximate surface area is 130 Å². The maximum Gasteiger partial charge on any atom is 0.232 e. The predicted molar refractivity (Wildman–Crippen MR) is 85.2 cm³/mol. The molecule has 4 nitrogen and oxygen atoms in total. The first-order valence-corrected chi connectivity index (χ1v) is 9.37. The Hall–Kier alpha value is -1.07. The Bertz CT molecular complexity index is 632. The van der Waals surface area contributed by atoms with Crippen LogP contribution in [0.2, 0.25) is 0 Å². The fourth-order valence-electron chi connectivity index (χ4n) is 2.57. The Morgan fingerprint density at radius 1 is 1.24 bits per heavy atom. The van der Waals surface area contributed by atoms with Crippen molar-refractivity contribution in [3.05, 3.63) is 29.8 Å². The molecule has 1 amide bonds. The van der Waals surface area contributed by atoms with E-state index in [0.717, 1.165) is 5.69 Å². The molecular formula is C15H20ClNO3S. The molecule has 0 aliphatic carbocycles. The number of rotatable bonds is 3. The van der Waals surface area contributed by atoms with Crippen molar-refractivity contribution in [2.75, 3.05) is 17.2 Å². The molecule has 0 saturated carbocycles. The monoisotopic (exact) mass is 329 g/mol. The van der Waals surface area contributed by atoms with Gasteiger partial charge in [-0.05, 0) is 23.1 Å². The van der Waals surface area contributed by atoms with E-state index in [9.17, 15) is 13.2 Å². The van der Waals surface area contributed by atoms with Crippen molar-refractivity contribution in [1.29, 1.82) is 0 Å². The lowest BCUT2D eigenvalue weighted by Crippen LogP contribution is -2.25. The average molecular weight is 330 g/mol. The summed E-state index contributed by atoms with van der Waals surface area (Å²) in [7, 11) is 1.70. The number of carbonyl (C=O) groups is 1. The second kappa shape index (κ2) is 5.61. The van der Waals surface area contributed by atoms with E-state index in [4.69, 9.17) is 10.7 Å². The zero-order chi connectivity index (χ0) is 15.8. The molecule has 2 rings (SSSR count). The highest BCUT2D eigenvalue weighted by molar-refractivity contribution is 8.13. The fraction of sp³-hybridized carbons (Fsp3) is 0.533. The summed E-state index contributed by atoms with van der Waals surface area (Å²) < 4.78 is 22.3. The minimum atomic E-state index is -3.57. The summed E-state index contributed by atoms with van der Waals surface area (Å²) in [6.45, 7) is 6.79. The van der Waals surface area contributed by atoms with E-state index in [1.807, 2.05) is 24.3 Å². The number of hydrogen-bond acceptors (Lipinski definition) is 3. The lowest BCUT2D eigenvalue weighted by atomic mass is 9.87. The highest BCUT2D eigenvalue weighted by Crippen LogP contribution is 2.29. The van der Waals surface area contributed by atoms with E-state index in [2.05, 4.69) is 20.8 Å². The van der Waals surface area contributed by atoms with Crippen LogP contribution in [0.5, 0.6) is 0 Å². The second-order valence-corrected chi connectivity index (χ2v) is 9.40. The fourth-order valence-corrected chi connectivity index (χ4v) is 3.89. The number of nitrogens with zero attached hydrogens (tertiary/aromatic N) is 1. The van der Waals surface area contributed by atoms with Gasteiger partial charge in [0.15, 0.2) is 0 Å². The van der Waals surface area contributed by atoms with Gasteiger partial charge in [0, 0.05) is 35.3 Å². The molecule has 1 aliphatic heterocycles. The molecule has 6 heteroatoms. The van der Waals surface area contributed by atoms with Crippen LogP contribution in [0.4, 0.5) is 5.69 Å². The van der Waals surface area contributed by atoms with E-state index >= 15 is 0 Å². The number of benzene rings is 1. The molecular weight excluding hydrogens is 310 g/mol. The van der Waals surface area contributed by atoms with Crippen molar-refractivity contribution in [1.82, 2.24) is 0 Å². The van der Waals surface area contributed by atoms with Crippen LogP contribution in [-0.4, -0.2) is 26.6 Å². The number of carbonyl (C=O) groups excluding carboxylic acids is 1. The van der Waals surface area contributed by atoms with Crippen LogP contribution >= 0.6 is 10.7 Å². The summed E-state index contributed by atoms with van der Waals surface area (Å²) in [4.78, 5) is 13.7. The third-order valence-corrected chi connectivity index (χ3v) is 4.93. The van der Waals surface area contributed by atoms with E-state index in [-0.39, 0.29) is 29.4 Å². The SMILES string of the molecule is CC(C)(C)c1ccc(N2CC(CS(=O)(=O)Cl)CC2=O)cc1. The summed E-state index contributed by atoms with van der Waals surface area (Å²) in [5, 5.41) is 0. The summed E-state index contributed by atoms with van der Waals surface area (Å²) in [5.74, 6) is -0.442. The van der Waals surface area contributed by atoms with Gasteiger partial charge in [-0.2, -0.15) is 0 Å². The summed E-state index contributed by atoms with van der Waals surface area (Å²) in [5.41, 5.74) is 2.06. The maximum absolute atomic E-state index is 12.0. The molecule has 1 aromatic carbocycles. The Balaban J connectivity index is 2.14. The molecule has 1 aromatic rings. The summed E-state index contributed by atoms with van der Waals surface area (Å²) in [6, 6.07) is 7.84. The highest BCUT2D eigenvalue weighted by Gasteiger charge is 2.33. The van der Waals surface area contributed by atoms with Crippen LogP contribution in [0, 0.1) is 5.92 Å². The van der Waals surface area contributed by atoms with Gasteiger partial charge in [-0.1, -0.05) is 32.9 Å². The zero-order valence-corrected chi connectivity index (χ0v) is 14.0. The lowest BCUT2D eigenvalue weighted by molar-refractivity contribution is -0.117. The van der Waals surface area contributed by atoms with E-state index < -0.39 is 9.05 Å². The van der Waals surface area contributed by atoms with Crippen molar-refractivity contribution in [2.45, 2.75) is 32.6 Å². The van der Waals surface area contributed by atoms with Gasteiger partial charge in [0.25, 0.3) is 0 Å². The normalized spacial score (nSPS) is 20.1. The molecule has 1 heterocycles. The quantitative estimate of drug-likeness (QED) is 0.801. The van der Waals surface area contributed by atoms with Crippen molar-refractivity contribution < 1.29 is 13.2 Å². The largest absolute Gasteiger partial charge is 0.312 e. The number of halogens is 1. The molecule has 1 unspecified atom stereocenters. The Kier molecular flexibility index (Phi) is 4.36. The third kappa shape index (κ3) is 4.20. The van der Waals surface area contributed by atoms with E-state index in [1.54, 1.807) is 4.90 Å². The molecule has 1 saturated heterocycles. The van der Waals surface area contributed by atoms with Gasteiger partial charge in [-0.25, -0.2) is 8.42 Å². The van der Waals surface area contributed by atoms with E-state index in [1.165, 1.54) is 5.56 Å². The molecule has 0 aromatic heterocycles. The number of anilines is 1. The molecule has 0 radical (unpaired) electrons. The second-order valence-electron chi connectivity index (χ2n) is 6.58. The Morgan fingerprint density at radius 3 is 2.29 bits per heavy atom. The van der Waals surface area contributed by atoms with E-state index in [0.29, 0.717) is 6.54 Å². The smallest absolute Gasteiger partial charge is 0.232 e. The van der Waals surface area contributed by atoms with Gasteiger partial charge in [0.05, 0.1) is 5.75 Å². The first kappa shape index (κ1) is 16.3. The molecule has 116 valence electrons. The van der Waals surface area contributed by atoms with Crippen LogP contribution in [0.15, 0.2) is 24.3 Å². The molecule has 1 atom stereocenters. The molecule has 1 fully saturated rings. The standard InChI is InChI=1S/C15H20ClNO3S/c1-15(2,3)12-4-6-13(7-5-12)17-9-11(8-14(17)18)10-21(16,19)20/h4-7,11H,8-10H2,1-3H3. The summed E-state index contributed by atoms with van der Waals surface area (Å²) >= 11 is 0.